The lowest BCUT2D eigenvalue weighted by Crippen LogP contribution is -3.00. The second kappa shape index (κ2) is 4.45. The van der Waals surface area contributed by atoms with Crippen molar-refractivity contribution in [3.8, 4) is 0 Å². The second-order valence-corrected chi connectivity index (χ2v) is 4.00. The van der Waals surface area contributed by atoms with Gasteiger partial charge in [-0.1, -0.05) is 5.57 Å². The molecule has 0 saturated heterocycles. The van der Waals surface area contributed by atoms with E-state index in [1.165, 1.54) is 25.9 Å². The van der Waals surface area contributed by atoms with Gasteiger partial charge in [-0.15, -0.1) is 0 Å². The molecule has 0 aromatic carbocycles. The van der Waals surface area contributed by atoms with E-state index in [-0.39, 0.29) is 24.0 Å². The molecule has 0 aromatic rings. The molecular formula is C9H18IN. The molecule has 0 unspecified atom stereocenters. The van der Waals surface area contributed by atoms with Gasteiger partial charge >= 0.3 is 0 Å². The van der Waals surface area contributed by atoms with Crippen LogP contribution in [-0.2, 0) is 0 Å². The van der Waals surface area contributed by atoms with Gasteiger partial charge in [-0.2, -0.15) is 0 Å². The van der Waals surface area contributed by atoms with E-state index in [0.717, 1.165) is 4.48 Å². The van der Waals surface area contributed by atoms with Crippen molar-refractivity contribution in [3.63, 3.8) is 0 Å². The Morgan fingerprint density at radius 3 is 2.64 bits per heavy atom. The van der Waals surface area contributed by atoms with Gasteiger partial charge in [0.25, 0.3) is 0 Å². The van der Waals surface area contributed by atoms with Crippen LogP contribution in [0.3, 0.4) is 0 Å². The number of allylic oxidation sites excluding steroid dienone is 1. The van der Waals surface area contributed by atoms with Crippen LogP contribution in [0.15, 0.2) is 11.6 Å². The van der Waals surface area contributed by atoms with E-state index in [4.69, 9.17) is 0 Å². The summed E-state index contributed by atoms with van der Waals surface area (Å²) in [6.45, 7) is 4.78. The van der Waals surface area contributed by atoms with Crippen LogP contribution in [0.1, 0.15) is 19.8 Å². The van der Waals surface area contributed by atoms with Gasteiger partial charge in [0.05, 0.1) is 27.2 Å². The van der Waals surface area contributed by atoms with E-state index in [9.17, 15) is 0 Å². The normalized spacial score (nSPS) is 23.0. The minimum absolute atomic E-state index is 0. The first-order chi connectivity index (χ1) is 4.60. The molecule has 0 bridgehead atoms. The first-order valence-electron chi connectivity index (χ1n) is 4.08. The fourth-order valence-electron chi connectivity index (χ4n) is 1.38. The van der Waals surface area contributed by atoms with Gasteiger partial charge in [-0.05, 0) is 19.4 Å². The lowest BCUT2D eigenvalue weighted by Gasteiger charge is -2.26. The third kappa shape index (κ3) is 4.11. The van der Waals surface area contributed by atoms with Gasteiger partial charge in [-0.25, -0.2) is 0 Å². The molecule has 1 aliphatic rings. The quantitative estimate of drug-likeness (QED) is 0.294. The van der Waals surface area contributed by atoms with E-state index in [0.29, 0.717) is 0 Å². The van der Waals surface area contributed by atoms with E-state index in [2.05, 4.69) is 27.1 Å². The molecule has 66 valence electrons. The van der Waals surface area contributed by atoms with Crippen molar-refractivity contribution in [1.82, 2.24) is 0 Å². The second-order valence-electron chi connectivity index (χ2n) is 4.00. The predicted octanol–water partition coefficient (Wildman–Crippen LogP) is -1.19. The van der Waals surface area contributed by atoms with E-state index in [1.807, 2.05) is 0 Å². The summed E-state index contributed by atoms with van der Waals surface area (Å²) in [6.07, 6.45) is 5.05. The van der Waals surface area contributed by atoms with Crippen LogP contribution in [0, 0.1) is 0 Å². The van der Waals surface area contributed by atoms with Crippen LogP contribution in [0.4, 0.5) is 0 Å². The standard InChI is InChI=1S/C9H18N.HI/c1-9-5-4-7-10(2,3)8-6-9;/h6H,4-5,7-8H2,1-3H3;1H/q+1;/p-1. The summed E-state index contributed by atoms with van der Waals surface area (Å²) in [5.74, 6) is 0. The average Bonchev–Trinajstić information content (AvgIpc) is 1.94. The third-order valence-corrected chi connectivity index (χ3v) is 2.27. The zero-order valence-electron chi connectivity index (χ0n) is 7.73. The molecule has 0 saturated carbocycles. The predicted molar refractivity (Wildman–Crippen MR) is 44.8 cm³/mol. The van der Waals surface area contributed by atoms with Crippen molar-refractivity contribution in [2.45, 2.75) is 19.8 Å². The molecule has 2 heteroatoms. The summed E-state index contributed by atoms with van der Waals surface area (Å²) in [6, 6.07) is 0. The summed E-state index contributed by atoms with van der Waals surface area (Å²) in [7, 11) is 4.60. The zero-order valence-corrected chi connectivity index (χ0v) is 9.89. The molecule has 0 fully saturated rings. The number of hydrogen-bond donors (Lipinski definition) is 0. The summed E-state index contributed by atoms with van der Waals surface area (Å²) in [4.78, 5) is 0. The van der Waals surface area contributed by atoms with E-state index < -0.39 is 0 Å². The summed E-state index contributed by atoms with van der Waals surface area (Å²) >= 11 is 0. The molecule has 1 rings (SSSR count). The Labute approximate surface area is 87.1 Å². The Balaban J connectivity index is 0.000001000. The van der Waals surface area contributed by atoms with Gasteiger partial charge in [0.1, 0.15) is 0 Å². The van der Waals surface area contributed by atoms with Crippen molar-refractivity contribution < 1.29 is 28.5 Å². The Kier molecular flexibility index (Phi) is 4.63. The van der Waals surface area contributed by atoms with Crippen LogP contribution in [0.5, 0.6) is 0 Å². The molecule has 0 amide bonds. The highest BCUT2D eigenvalue weighted by atomic mass is 127. The zero-order chi connectivity index (χ0) is 7.61. The topological polar surface area (TPSA) is 0 Å². The summed E-state index contributed by atoms with van der Waals surface area (Å²) in [5.41, 5.74) is 1.57. The summed E-state index contributed by atoms with van der Waals surface area (Å²) in [5, 5.41) is 0. The smallest absolute Gasteiger partial charge is 0.0972 e. The van der Waals surface area contributed by atoms with Crippen LogP contribution < -0.4 is 24.0 Å². The van der Waals surface area contributed by atoms with Crippen molar-refractivity contribution in [3.05, 3.63) is 11.6 Å². The maximum Gasteiger partial charge on any atom is 0.0972 e. The van der Waals surface area contributed by atoms with Crippen LogP contribution >= 0.6 is 0 Å². The van der Waals surface area contributed by atoms with Gasteiger partial charge < -0.3 is 28.5 Å². The average molecular weight is 267 g/mol. The molecule has 0 spiro atoms. The highest BCUT2D eigenvalue weighted by molar-refractivity contribution is 4.98. The minimum Gasteiger partial charge on any atom is -1.00 e. The van der Waals surface area contributed by atoms with Crippen molar-refractivity contribution in [2.75, 3.05) is 27.2 Å². The molecule has 0 aliphatic carbocycles. The first kappa shape index (κ1) is 11.4. The minimum atomic E-state index is 0. The van der Waals surface area contributed by atoms with Gasteiger partial charge in [0.2, 0.25) is 0 Å². The molecule has 11 heavy (non-hydrogen) atoms. The molecule has 0 atom stereocenters. The van der Waals surface area contributed by atoms with Crippen molar-refractivity contribution in [2.24, 2.45) is 0 Å². The fourth-order valence-corrected chi connectivity index (χ4v) is 1.38. The van der Waals surface area contributed by atoms with E-state index in [1.54, 1.807) is 5.57 Å². The summed E-state index contributed by atoms with van der Waals surface area (Å²) < 4.78 is 1.16. The third-order valence-electron chi connectivity index (χ3n) is 2.27. The van der Waals surface area contributed by atoms with Crippen LogP contribution in [0.25, 0.3) is 0 Å². The highest BCUT2D eigenvalue weighted by Gasteiger charge is 2.15. The number of quaternary nitrogens is 1. The molecule has 1 aliphatic heterocycles. The van der Waals surface area contributed by atoms with Gasteiger partial charge in [0, 0.05) is 6.42 Å². The first-order valence-corrected chi connectivity index (χ1v) is 4.08. The van der Waals surface area contributed by atoms with Gasteiger partial charge in [-0.3, -0.25) is 0 Å². The van der Waals surface area contributed by atoms with Crippen molar-refractivity contribution in [1.29, 1.82) is 0 Å². The molecule has 1 nitrogen and oxygen atoms in total. The van der Waals surface area contributed by atoms with Crippen LogP contribution in [-0.4, -0.2) is 31.7 Å². The molecule has 0 N–H and O–H groups in total. The number of hydrogen-bond acceptors (Lipinski definition) is 0. The SMILES string of the molecule is CC1=CC[N+](C)(C)CCC1.[I-]. The lowest BCUT2D eigenvalue weighted by molar-refractivity contribution is -0.884. The number of nitrogens with zero attached hydrogens (tertiary/aromatic N) is 1. The lowest BCUT2D eigenvalue weighted by atomic mass is 10.2. The molecule has 1 heterocycles. The Bertz CT molecular complexity index is 150. The maximum atomic E-state index is 2.38. The highest BCUT2D eigenvalue weighted by Crippen LogP contribution is 2.13. The Hall–Kier alpha value is 0.430. The fraction of sp³-hybridized carbons (Fsp3) is 0.778. The van der Waals surface area contributed by atoms with E-state index >= 15 is 0 Å². The Morgan fingerprint density at radius 2 is 2.00 bits per heavy atom. The molecule has 0 aromatic heterocycles. The molecular weight excluding hydrogens is 249 g/mol. The number of rotatable bonds is 0. The monoisotopic (exact) mass is 267 g/mol. The molecule has 0 radical (unpaired) electrons. The largest absolute Gasteiger partial charge is 1.00 e. The maximum absolute atomic E-state index is 2.38. The van der Waals surface area contributed by atoms with Crippen LogP contribution in [0.2, 0.25) is 0 Å². The van der Waals surface area contributed by atoms with Crippen molar-refractivity contribution >= 4 is 0 Å². The number of halogens is 1. The Morgan fingerprint density at radius 1 is 1.36 bits per heavy atom. The van der Waals surface area contributed by atoms with Gasteiger partial charge in [0.15, 0.2) is 0 Å². The number of likely N-dealkylation sites (N-methyl/N-ethyl adjacent to an activating group) is 1.